The van der Waals surface area contributed by atoms with Gasteiger partial charge >= 0.3 is 6.18 Å². The SMILES string of the molecule is CCCCC[Si]1CCC(CCCCC2CCC(c3ccc(C(F)(F)F)c(F)c3)CC2)CC1. The van der Waals surface area contributed by atoms with E-state index in [9.17, 15) is 17.6 Å². The Labute approximate surface area is 194 Å². The second kappa shape index (κ2) is 12.6. The van der Waals surface area contributed by atoms with Gasteiger partial charge in [-0.25, -0.2) is 4.39 Å². The zero-order valence-corrected chi connectivity index (χ0v) is 20.8. The molecule has 5 heteroatoms. The maximum Gasteiger partial charge on any atom is 0.419 e. The van der Waals surface area contributed by atoms with Crippen LogP contribution < -0.4 is 0 Å². The van der Waals surface area contributed by atoms with Crippen molar-refractivity contribution >= 4 is 8.80 Å². The van der Waals surface area contributed by atoms with Crippen LogP contribution in [0.15, 0.2) is 18.2 Å². The van der Waals surface area contributed by atoms with E-state index in [1.165, 1.54) is 63.9 Å². The van der Waals surface area contributed by atoms with Crippen LogP contribution in [0.5, 0.6) is 0 Å². The highest BCUT2D eigenvalue weighted by Crippen LogP contribution is 2.40. The molecule has 0 nitrogen and oxygen atoms in total. The van der Waals surface area contributed by atoms with Gasteiger partial charge in [0, 0.05) is 8.80 Å². The van der Waals surface area contributed by atoms with E-state index in [4.69, 9.17) is 0 Å². The molecule has 181 valence electrons. The van der Waals surface area contributed by atoms with Gasteiger partial charge in [-0.3, -0.25) is 0 Å². The summed E-state index contributed by atoms with van der Waals surface area (Å²) in [4.78, 5) is 0. The molecule has 1 radical (unpaired) electrons. The lowest BCUT2D eigenvalue weighted by Gasteiger charge is -2.30. The highest BCUT2D eigenvalue weighted by Gasteiger charge is 2.34. The number of rotatable bonds is 10. The molecule has 0 bridgehead atoms. The average molecular weight is 470 g/mol. The summed E-state index contributed by atoms with van der Waals surface area (Å²) in [6.45, 7) is 2.29. The van der Waals surface area contributed by atoms with Crippen LogP contribution >= 0.6 is 0 Å². The van der Waals surface area contributed by atoms with Crippen molar-refractivity contribution in [3.63, 3.8) is 0 Å². The zero-order chi connectivity index (χ0) is 23.0. The molecular formula is C27H41F4Si. The molecule has 1 aliphatic heterocycles. The van der Waals surface area contributed by atoms with Crippen molar-refractivity contribution in [2.45, 2.75) is 121 Å². The van der Waals surface area contributed by atoms with Crippen molar-refractivity contribution in [1.82, 2.24) is 0 Å². The lowest BCUT2D eigenvalue weighted by molar-refractivity contribution is -0.140. The van der Waals surface area contributed by atoms with Crippen LogP contribution in [-0.2, 0) is 6.18 Å². The maximum absolute atomic E-state index is 13.9. The Morgan fingerprint density at radius 2 is 1.47 bits per heavy atom. The Morgan fingerprint density at radius 1 is 0.844 bits per heavy atom. The van der Waals surface area contributed by atoms with Crippen LogP contribution in [0.1, 0.15) is 107 Å². The van der Waals surface area contributed by atoms with Crippen molar-refractivity contribution < 1.29 is 17.6 Å². The lowest BCUT2D eigenvalue weighted by Crippen LogP contribution is -2.21. The fraction of sp³-hybridized carbons (Fsp3) is 0.778. The van der Waals surface area contributed by atoms with Crippen LogP contribution in [0.2, 0.25) is 18.1 Å². The molecule has 2 aliphatic rings. The highest BCUT2D eigenvalue weighted by atomic mass is 28.3. The fourth-order valence-corrected chi connectivity index (χ4v) is 9.05. The third kappa shape index (κ3) is 7.88. The Morgan fingerprint density at radius 3 is 2.03 bits per heavy atom. The minimum Gasteiger partial charge on any atom is -0.206 e. The van der Waals surface area contributed by atoms with Crippen LogP contribution in [-0.4, -0.2) is 8.80 Å². The van der Waals surface area contributed by atoms with Crippen molar-refractivity contribution in [1.29, 1.82) is 0 Å². The van der Waals surface area contributed by atoms with Gasteiger partial charge in [-0.1, -0.05) is 88.9 Å². The topological polar surface area (TPSA) is 0 Å². The molecule has 3 rings (SSSR count). The molecule has 0 aromatic heterocycles. The van der Waals surface area contributed by atoms with E-state index < -0.39 is 17.6 Å². The zero-order valence-electron chi connectivity index (χ0n) is 19.8. The summed E-state index contributed by atoms with van der Waals surface area (Å²) in [6.07, 6.45) is 12.1. The number of hydrogen-bond acceptors (Lipinski definition) is 0. The van der Waals surface area contributed by atoms with Gasteiger partial charge in [0.25, 0.3) is 0 Å². The maximum atomic E-state index is 13.9. The summed E-state index contributed by atoms with van der Waals surface area (Å²) in [5, 5.41) is 0. The van der Waals surface area contributed by atoms with Crippen molar-refractivity contribution in [3.05, 3.63) is 35.1 Å². The number of alkyl halides is 3. The Balaban J connectivity index is 1.29. The fourth-order valence-electron chi connectivity index (χ4n) is 5.92. The minimum atomic E-state index is -4.62. The molecule has 1 saturated heterocycles. The number of benzene rings is 1. The van der Waals surface area contributed by atoms with E-state index in [2.05, 4.69) is 6.92 Å². The molecule has 1 aromatic carbocycles. The first kappa shape index (κ1) is 25.8. The first-order valence-corrected chi connectivity index (χ1v) is 15.2. The van der Waals surface area contributed by atoms with Crippen LogP contribution in [0, 0.1) is 17.7 Å². The van der Waals surface area contributed by atoms with Gasteiger partial charge in [0.15, 0.2) is 0 Å². The molecule has 32 heavy (non-hydrogen) atoms. The largest absolute Gasteiger partial charge is 0.419 e. The molecular weight excluding hydrogens is 428 g/mol. The molecule has 2 fully saturated rings. The smallest absolute Gasteiger partial charge is 0.206 e. The van der Waals surface area contributed by atoms with E-state index in [0.29, 0.717) is 0 Å². The normalized spacial score (nSPS) is 23.5. The number of unbranched alkanes of at least 4 members (excludes halogenated alkanes) is 3. The molecule has 1 saturated carbocycles. The Kier molecular flexibility index (Phi) is 10.1. The van der Waals surface area contributed by atoms with E-state index in [1.54, 1.807) is 18.1 Å². The van der Waals surface area contributed by atoms with Gasteiger partial charge in [-0.05, 0) is 61.1 Å². The molecule has 0 unspecified atom stereocenters. The average Bonchev–Trinajstić information content (AvgIpc) is 2.77. The minimum absolute atomic E-state index is 0.0191. The number of hydrogen-bond donors (Lipinski definition) is 0. The third-order valence-corrected chi connectivity index (χ3v) is 11.1. The quantitative estimate of drug-likeness (QED) is 0.182. The van der Waals surface area contributed by atoms with Crippen molar-refractivity contribution in [3.8, 4) is 0 Å². The summed E-state index contributed by atoms with van der Waals surface area (Å²) in [6, 6.07) is 8.16. The summed E-state index contributed by atoms with van der Waals surface area (Å²) in [5.74, 6) is 0.790. The molecule has 1 aromatic rings. The predicted molar refractivity (Wildman–Crippen MR) is 127 cm³/mol. The molecule has 1 aliphatic carbocycles. The van der Waals surface area contributed by atoms with Gasteiger partial charge in [0.05, 0.1) is 5.56 Å². The molecule has 0 spiro atoms. The van der Waals surface area contributed by atoms with Gasteiger partial charge in [-0.15, -0.1) is 0 Å². The number of halogens is 4. The summed E-state index contributed by atoms with van der Waals surface area (Å²) < 4.78 is 52.2. The lowest BCUT2D eigenvalue weighted by atomic mass is 9.76. The van der Waals surface area contributed by atoms with E-state index in [-0.39, 0.29) is 14.7 Å². The van der Waals surface area contributed by atoms with Gasteiger partial charge < -0.3 is 0 Å². The second-order valence-corrected chi connectivity index (χ2v) is 13.4. The van der Waals surface area contributed by atoms with E-state index in [1.807, 2.05) is 0 Å². The molecule has 1 heterocycles. The summed E-state index contributed by atoms with van der Waals surface area (Å²) in [5.41, 5.74) is -0.413. The molecule has 0 atom stereocenters. The second-order valence-electron chi connectivity index (χ2n) is 10.4. The summed E-state index contributed by atoms with van der Waals surface area (Å²) >= 11 is 0. The summed E-state index contributed by atoms with van der Waals surface area (Å²) in [7, 11) is -0.0191. The van der Waals surface area contributed by atoms with Gasteiger partial charge in [0.2, 0.25) is 0 Å². The third-order valence-electron chi connectivity index (χ3n) is 8.04. The monoisotopic (exact) mass is 469 g/mol. The van der Waals surface area contributed by atoms with Crippen molar-refractivity contribution in [2.75, 3.05) is 0 Å². The van der Waals surface area contributed by atoms with E-state index in [0.717, 1.165) is 55.2 Å². The Bertz CT molecular complexity index is 671. The predicted octanol–water partition coefficient (Wildman–Crippen LogP) is 9.77. The first-order valence-electron chi connectivity index (χ1n) is 13.1. The van der Waals surface area contributed by atoms with Crippen LogP contribution in [0.3, 0.4) is 0 Å². The highest BCUT2D eigenvalue weighted by molar-refractivity contribution is 6.58. The van der Waals surface area contributed by atoms with Crippen LogP contribution in [0.4, 0.5) is 17.6 Å². The first-order chi connectivity index (χ1) is 15.4. The standard InChI is InChI=1S/C27H41F4Si/c1-2-3-6-17-32-18-15-22(16-19-32)8-5-4-7-21-9-11-23(12-10-21)24-13-14-25(26(28)20-24)27(29,30)31/h13-14,20-23H,2-12,15-19H2,1H3. The molecule has 0 N–H and O–H groups in total. The van der Waals surface area contributed by atoms with Crippen molar-refractivity contribution in [2.24, 2.45) is 11.8 Å². The van der Waals surface area contributed by atoms with E-state index >= 15 is 0 Å². The van der Waals surface area contributed by atoms with Crippen LogP contribution in [0.25, 0.3) is 0 Å². The van der Waals surface area contributed by atoms with Gasteiger partial charge in [0.1, 0.15) is 5.82 Å². The molecule has 0 amide bonds. The Hall–Kier alpha value is -0.843. The van der Waals surface area contributed by atoms with Gasteiger partial charge in [-0.2, -0.15) is 13.2 Å².